The summed E-state index contributed by atoms with van der Waals surface area (Å²) < 4.78 is 5.14. The number of piperazine rings is 1. The fraction of sp³-hybridized carbons (Fsp3) is 0.368. The van der Waals surface area contributed by atoms with E-state index in [9.17, 15) is 14.4 Å². The van der Waals surface area contributed by atoms with Gasteiger partial charge in [-0.05, 0) is 32.0 Å². The van der Waals surface area contributed by atoms with Crippen LogP contribution in [0.3, 0.4) is 0 Å². The van der Waals surface area contributed by atoms with Crippen LogP contribution in [0.25, 0.3) is 0 Å². The van der Waals surface area contributed by atoms with Gasteiger partial charge in [-0.15, -0.1) is 0 Å². The van der Waals surface area contributed by atoms with Gasteiger partial charge < -0.3 is 19.5 Å². The van der Waals surface area contributed by atoms with Crippen molar-refractivity contribution >= 4 is 17.7 Å². The number of amides is 3. The second kappa shape index (κ2) is 8.03. The Kier molecular flexibility index (Phi) is 5.54. The quantitative estimate of drug-likeness (QED) is 0.878. The van der Waals surface area contributed by atoms with Crippen LogP contribution < -0.4 is 5.32 Å². The first-order chi connectivity index (χ1) is 13.0. The fourth-order valence-corrected chi connectivity index (χ4v) is 2.88. The Morgan fingerprint density at radius 3 is 2.26 bits per heavy atom. The number of nitrogens with one attached hydrogen (secondary N) is 1. The summed E-state index contributed by atoms with van der Waals surface area (Å²) in [6, 6.07) is 4.84. The van der Waals surface area contributed by atoms with Crippen LogP contribution in [0.15, 0.2) is 41.3 Å². The molecule has 3 heterocycles. The van der Waals surface area contributed by atoms with E-state index in [1.165, 1.54) is 18.7 Å². The molecule has 3 amide bonds. The number of pyridine rings is 1. The van der Waals surface area contributed by atoms with Gasteiger partial charge in [-0.1, -0.05) is 0 Å². The molecule has 1 aliphatic rings. The first-order valence-corrected chi connectivity index (χ1v) is 8.83. The van der Waals surface area contributed by atoms with Gasteiger partial charge in [-0.2, -0.15) is 0 Å². The maximum Gasteiger partial charge on any atom is 0.289 e. The molecule has 27 heavy (non-hydrogen) atoms. The van der Waals surface area contributed by atoms with Crippen molar-refractivity contribution in [2.45, 2.75) is 19.9 Å². The summed E-state index contributed by atoms with van der Waals surface area (Å²) in [6.07, 6.45) is 4.35. The van der Waals surface area contributed by atoms with Gasteiger partial charge in [-0.3, -0.25) is 19.4 Å². The standard InChI is InChI=1S/C19H22N4O4/c1-13(2)21-17(24)14-10-15(12-20-11-14)18(25)22-5-7-23(8-6-22)19(26)16-4-3-9-27-16/h3-4,9-13H,5-8H2,1-2H3,(H,21,24). The molecule has 1 fully saturated rings. The molecule has 2 aromatic rings. The summed E-state index contributed by atoms with van der Waals surface area (Å²) in [5.74, 6) is -0.350. The van der Waals surface area contributed by atoms with Crippen molar-refractivity contribution in [3.05, 3.63) is 53.7 Å². The molecule has 2 aromatic heterocycles. The lowest BCUT2D eigenvalue weighted by molar-refractivity contribution is 0.0518. The van der Waals surface area contributed by atoms with Crippen molar-refractivity contribution < 1.29 is 18.8 Å². The predicted molar refractivity (Wildman–Crippen MR) is 97.4 cm³/mol. The van der Waals surface area contributed by atoms with Crippen LogP contribution in [-0.2, 0) is 0 Å². The van der Waals surface area contributed by atoms with Gasteiger partial charge in [0.05, 0.1) is 17.4 Å². The molecule has 142 valence electrons. The van der Waals surface area contributed by atoms with Gasteiger partial charge in [-0.25, -0.2) is 0 Å². The molecule has 8 heteroatoms. The van der Waals surface area contributed by atoms with Gasteiger partial charge in [0.2, 0.25) is 0 Å². The maximum atomic E-state index is 12.7. The van der Waals surface area contributed by atoms with E-state index in [1.807, 2.05) is 13.8 Å². The first kappa shape index (κ1) is 18.6. The summed E-state index contributed by atoms with van der Waals surface area (Å²) in [5, 5.41) is 2.78. The number of aromatic nitrogens is 1. The minimum Gasteiger partial charge on any atom is -0.459 e. The average Bonchev–Trinajstić information content (AvgIpc) is 3.21. The van der Waals surface area contributed by atoms with Gasteiger partial charge in [0, 0.05) is 44.6 Å². The molecular weight excluding hydrogens is 348 g/mol. The normalized spacial score (nSPS) is 14.3. The maximum absolute atomic E-state index is 12.7. The molecule has 0 aromatic carbocycles. The van der Waals surface area contributed by atoms with E-state index in [-0.39, 0.29) is 23.8 Å². The van der Waals surface area contributed by atoms with E-state index < -0.39 is 0 Å². The van der Waals surface area contributed by atoms with Gasteiger partial charge in [0.15, 0.2) is 5.76 Å². The summed E-state index contributed by atoms with van der Waals surface area (Å²) >= 11 is 0. The predicted octanol–water partition coefficient (Wildman–Crippen LogP) is 1.41. The monoisotopic (exact) mass is 370 g/mol. The third kappa shape index (κ3) is 4.33. The molecule has 0 unspecified atom stereocenters. The molecule has 8 nitrogen and oxygen atoms in total. The first-order valence-electron chi connectivity index (χ1n) is 8.83. The summed E-state index contributed by atoms with van der Waals surface area (Å²) in [7, 11) is 0. The Morgan fingerprint density at radius 1 is 1.04 bits per heavy atom. The molecule has 0 aliphatic carbocycles. The highest BCUT2D eigenvalue weighted by Gasteiger charge is 2.27. The van der Waals surface area contributed by atoms with Gasteiger partial charge in [0.25, 0.3) is 17.7 Å². The topological polar surface area (TPSA) is 95.8 Å². The van der Waals surface area contributed by atoms with Crippen LogP contribution in [0, 0.1) is 0 Å². The van der Waals surface area contributed by atoms with Crippen LogP contribution in [0.5, 0.6) is 0 Å². The van der Waals surface area contributed by atoms with Crippen molar-refractivity contribution in [2.75, 3.05) is 26.2 Å². The fourth-order valence-electron chi connectivity index (χ4n) is 2.88. The summed E-state index contributed by atoms with van der Waals surface area (Å²) in [5.41, 5.74) is 0.707. The minimum atomic E-state index is -0.263. The van der Waals surface area contributed by atoms with Crippen molar-refractivity contribution in [1.82, 2.24) is 20.1 Å². The third-order valence-electron chi connectivity index (χ3n) is 4.25. The molecule has 0 bridgehead atoms. The van der Waals surface area contributed by atoms with E-state index >= 15 is 0 Å². The van der Waals surface area contributed by atoms with E-state index in [0.717, 1.165) is 0 Å². The zero-order valence-corrected chi connectivity index (χ0v) is 15.3. The van der Waals surface area contributed by atoms with E-state index in [0.29, 0.717) is 43.1 Å². The highest BCUT2D eigenvalue weighted by Crippen LogP contribution is 2.13. The zero-order chi connectivity index (χ0) is 19.4. The molecule has 1 saturated heterocycles. The number of carbonyl (C=O) groups is 3. The number of nitrogens with zero attached hydrogens (tertiary/aromatic N) is 3. The second-order valence-electron chi connectivity index (χ2n) is 6.65. The number of hydrogen-bond acceptors (Lipinski definition) is 5. The minimum absolute atomic E-state index is 0.00312. The summed E-state index contributed by atoms with van der Waals surface area (Å²) in [4.78, 5) is 44.5. The number of carbonyl (C=O) groups excluding carboxylic acids is 3. The molecule has 0 atom stereocenters. The van der Waals surface area contributed by atoms with E-state index in [1.54, 1.807) is 28.0 Å². The van der Waals surface area contributed by atoms with Crippen LogP contribution in [0.2, 0.25) is 0 Å². The van der Waals surface area contributed by atoms with E-state index in [2.05, 4.69) is 10.3 Å². The van der Waals surface area contributed by atoms with E-state index in [4.69, 9.17) is 4.42 Å². The van der Waals surface area contributed by atoms with Crippen molar-refractivity contribution in [1.29, 1.82) is 0 Å². The number of rotatable bonds is 4. The van der Waals surface area contributed by atoms with Crippen molar-refractivity contribution in [3.8, 4) is 0 Å². The van der Waals surface area contributed by atoms with Gasteiger partial charge in [0.1, 0.15) is 0 Å². The molecule has 1 N–H and O–H groups in total. The molecule has 1 aliphatic heterocycles. The lowest BCUT2D eigenvalue weighted by atomic mass is 10.1. The Morgan fingerprint density at radius 2 is 1.67 bits per heavy atom. The smallest absolute Gasteiger partial charge is 0.289 e. The highest BCUT2D eigenvalue weighted by atomic mass is 16.3. The lowest BCUT2D eigenvalue weighted by Gasteiger charge is -2.34. The second-order valence-corrected chi connectivity index (χ2v) is 6.65. The SMILES string of the molecule is CC(C)NC(=O)c1cncc(C(=O)N2CCN(C(=O)c3ccco3)CC2)c1. The van der Waals surface area contributed by atoms with Crippen molar-refractivity contribution in [3.63, 3.8) is 0 Å². The Bertz CT molecular complexity index is 824. The molecule has 0 spiro atoms. The highest BCUT2D eigenvalue weighted by molar-refractivity contribution is 5.99. The number of furan rings is 1. The van der Waals surface area contributed by atoms with Crippen LogP contribution in [-0.4, -0.2) is 64.7 Å². The molecular formula is C19H22N4O4. The molecule has 0 saturated carbocycles. The largest absolute Gasteiger partial charge is 0.459 e. The molecule has 0 radical (unpaired) electrons. The van der Waals surface area contributed by atoms with Crippen LogP contribution >= 0.6 is 0 Å². The Hall–Kier alpha value is -3.16. The number of hydrogen-bond donors (Lipinski definition) is 1. The average molecular weight is 370 g/mol. The Labute approximate surface area is 157 Å². The van der Waals surface area contributed by atoms with Crippen molar-refractivity contribution in [2.24, 2.45) is 0 Å². The van der Waals surface area contributed by atoms with Gasteiger partial charge >= 0.3 is 0 Å². The lowest BCUT2D eigenvalue weighted by Crippen LogP contribution is -2.50. The third-order valence-corrected chi connectivity index (χ3v) is 4.25. The zero-order valence-electron chi connectivity index (χ0n) is 15.3. The summed E-state index contributed by atoms with van der Waals surface area (Å²) in [6.45, 7) is 5.40. The molecule has 3 rings (SSSR count). The van der Waals surface area contributed by atoms with Crippen LogP contribution in [0.4, 0.5) is 0 Å². The van der Waals surface area contributed by atoms with Crippen LogP contribution in [0.1, 0.15) is 45.1 Å². The Balaban J connectivity index is 1.62.